The summed E-state index contributed by atoms with van der Waals surface area (Å²) in [7, 11) is 0. The Morgan fingerprint density at radius 1 is 0.833 bits per heavy atom. The van der Waals surface area contributed by atoms with Crippen molar-refractivity contribution in [1.29, 1.82) is 0 Å². The van der Waals surface area contributed by atoms with Gasteiger partial charge in [0.25, 0.3) is 0 Å². The molecule has 6 N–H and O–H groups in total. The topological polar surface area (TPSA) is 175 Å². The van der Waals surface area contributed by atoms with Gasteiger partial charge in [0.2, 0.25) is 0 Å². The molecule has 0 radical (unpaired) electrons. The molecule has 0 bridgehead atoms. The molecule has 8 heteroatoms. The second-order valence-corrected chi connectivity index (χ2v) is 0.983. The summed E-state index contributed by atoms with van der Waals surface area (Å²) in [5.41, 5.74) is 0. The summed E-state index contributed by atoms with van der Waals surface area (Å²) >= 11 is 0. The van der Waals surface area contributed by atoms with Crippen molar-refractivity contribution in [2.75, 3.05) is 0 Å². The molecule has 0 rings (SSSR count). The number of carbonyl (C=O) groups excluding carboxylic acids is 2. The molecule has 0 saturated heterocycles. The summed E-state index contributed by atoms with van der Waals surface area (Å²) in [4.78, 5) is 17.8. The van der Waals surface area contributed by atoms with Crippen molar-refractivity contribution in [3.63, 3.8) is 0 Å². The molecule has 0 aromatic heterocycles. The molecule has 0 amide bonds. The molecule has 0 aromatic carbocycles. The molecule has 0 atom stereocenters. The Morgan fingerprint density at radius 2 is 0.833 bits per heavy atom. The number of carboxylic acids is 2. The first-order valence-electron chi connectivity index (χ1n) is 1.82. The number of carbonyl (C=O) groups is 2. The molecule has 0 saturated carbocycles. The van der Waals surface area contributed by atoms with E-state index in [1.54, 1.807) is 0 Å². The van der Waals surface area contributed by atoms with Crippen molar-refractivity contribution in [2.24, 2.45) is 0 Å². The average Bonchev–Trinajstić information content (AvgIpc) is 1.25. The molecule has 0 spiro atoms. The zero-order valence-electron chi connectivity index (χ0n) is 6.84. The maximum absolute atomic E-state index is 8.89. The van der Waals surface area contributed by atoms with Crippen molar-refractivity contribution in [2.45, 2.75) is 13.8 Å². The van der Waals surface area contributed by atoms with Crippen LogP contribution in [0, 0.1) is 0 Å². The molecule has 0 aliphatic heterocycles. The third-order valence-electron chi connectivity index (χ3n) is 0. The Kier molecular flexibility index (Phi) is 119. The molecule has 7 nitrogen and oxygen atoms in total. The quantitative estimate of drug-likeness (QED) is 0.339. The normalized spacial score (nSPS) is 4.17. The average molecular weight is 181 g/mol. The van der Waals surface area contributed by atoms with Gasteiger partial charge in [-0.3, -0.25) is 0 Å². The first-order chi connectivity index (χ1) is 3.46. The Hall–Kier alpha value is -1.01. The summed E-state index contributed by atoms with van der Waals surface area (Å²) in [5.74, 6) is -2.17. The van der Waals surface area contributed by atoms with Crippen LogP contribution in [-0.2, 0) is 9.59 Å². The zero-order chi connectivity index (χ0) is 7.15. The third-order valence-corrected chi connectivity index (χ3v) is 0. The minimum absolute atomic E-state index is 0. The molecule has 0 aliphatic rings. The second kappa shape index (κ2) is 32.4. The van der Waals surface area contributed by atoms with Crippen LogP contribution in [0.5, 0.6) is 0 Å². The molecular weight excluding hydrogens is 169 g/mol. The van der Waals surface area contributed by atoms with Crippen LogP contribution in [0.15, 0.2) is 0 Å². The smallest absolute Gasteiger partial charge is 0.550 e. The number of hydrogen-bond acceptors (Lipinski definition) is 4. The van der Waals surface area contributed by atoms with Gasteiger partial charge >= 0.3 is 10.1 Å². The minimum atomic E-state index is -1.08. The van der Waals surface area contributed by atoms with Gasteiger partial charge in [0.1, 0.15) is 0 Å². The number of aliphatic carboxylic acids is 2. The van der Waals surface area contributed by atoms with Gasteiger partial charge in [-0.15, -0.1) is 0 Å². The van der Waals surface area contributed by atoms with Crippen LogP contribution >= 0.6 is 0 Å². The Balaban J connectivity index is -0.0000000112. The summed E-state index contributed by atoms with van der Waals surface area (Å²) in [5, 5.41) is 17.8. The van der Waals surface area contributed by atoms with E-state index in [0.717, 1.165) is 13.8 Å². The maximum atomic E-state index is 8.89. The Labute approximate surface area is 73.2 Å². The minimum Gasteiger partial charge on any atom is -0.550 e. The first kappa shape index (κ1) is 44.1. The van der Waals surface area contributed by atoms with Gasteiger partial charge in [0.05, 0.1) is 0 Å². The van der Waals surface area contributed by atoms with E-state index in [1.807, 2.05) is 0 Å². The number of hydrogen-bond donors (Lipinski definition) is 0. The van der Waals surface area contributed by atoms with Crippen molar-refractivity contribution in [1.82, 2.24) is 0 Å². The van der Waals surface area contributed by atoms with Gasteiger partial charge in [0, 0.05) is 11.9 Å². The molecule has 0 aliphatic carbocycles. The van der Waals surface area contributed by atoms with E-state index in [9.17, 15) is 0 Å². The van der Waals surface area contributed by atoms with Crippen molar-refractivity contribution < 1.29 is 36.2 Å². The zero-order valence-corrected chi connectivity index (χ0v) is 6.84. The Bertz CT molecular complexity index is 73.4. The first-order valence-corrected chi connectivity index (χ1v) is 1.82. The molecule has 0 unspecified atom stereocenters. The molecule has 72 valence electrons. The van der Waals surface area contributed by atoms with Crippen molar-refractivity contribution in [3.8, 4) is 0 Å². The van der Waals surface area contributed by atoms with E-state index in [1.165, 1.54) is 0 Å². The van der Waals surface area contributed by atoms with E-state index in [-0.39, 0.29) is 26.5 Å². The summed E-state index contributed by atoms with van der Waals surface area (Å²) < 4.78 is 0. The van der Waals surface area contributed by atoms with Gasteiger partial charge in [0.15, 0.2) is 0 Å². The van der Waals surface area contributed by atoms with Crippen LogP contribution in [0.2, 0.25) is 0 Å². The van der Waals surface area contributed by atoms with Crippen molar-refractivity contribution >= 4 is 22.1 Å². The van der Waals surface area contributed by atoms with Crippen molar-refractivity contribution in [3.05, 3.63) is 0 Å². The summed E-state index contributed by atoms with van der Waals surface area (Å²) in [6.07, 6.45) is 0. The van der Waals surface area contributed by atoms with Gasteiger partial charge < -0.3 is 36.2 Å². The molecule has 0 fully saturated rings. The fraction of sp³-hybridized carbons (Fsp3) is 0.500. The van der Waals surface area contributed by atoms with Crippen LogP contribution in [-0.4, -0.2) is 38.5 Å². The van der Waals surface area contributed by atoms with Crippen LogP contribution in [0.1, 0.15) is 13.8 Å². The third kappa shape index (κ3) is 561. The molecular formula is C4H12BeO7. The largest absolute Gasteiger partial charge is 2.00 e. The fourth-order valence-electron chi connectivity index (χ4n) is 0. The predicted molar refractivity (Wildman–Crippen MR) is 38.0 cm³/mol. The van der Waals surface area contributed by atoms with E-state index in [0.29, 0.717) is 0 Å². The van der Waals surface area contributed by atoms with Crippen LogP contribution in [0.3, 0.4) is 0 Å². The molecule has 0 aromatic rings. The van der Waals surface area contributed by atoms with E-state index in [2.05, 4.69) is 0 Å². The van der Waals surface area contributed by atoms with Gasteiger partial charge in [-0.2, -0.15) is 0 Å². The van der Waals surface area contributed by atoms with Gasteiger partial charge in [-0.1, -0.05) is 0 Å². The van der Waals surface area contributed by atoms with Gasteiger partial charge in [-0.05, 0) is 13.8 Å². The number of rotatable bonds is 0. The second-order valence-electron chi connectivity index (χ2n) is 0.983. The molecule has 12 heavy (non-hydrogen) atoms. The fourth-order valence-corrected chi connectivity index (χ4v) is 0. The van der Waals surface area contributed by atoms with E-state index < -0.39 is 11.9 Å². The van der Waals surface area contributed by atoms with Gasteiger partial charge in [-0.25, -0.2) is 0 Å². The predicted octanol–water partition coefficient (Wildman–Crippen LogP) is -5.34. The van der Waals surface area contributed by atoms with E-state index in [4.69, 9.17) is 19.8 Å². The standard InChI is InChI=1S/2C2H4O2.Be.3H2O/c2*1-2(3)4;;;;/h2*1H3,(H,3,4);;3*1H2/q;;+2;;;/p-2. The SMILES string of the molecule is CC(=O)[O-].CC(=O)[O-].O.O.O.[Be+2]. The Morgan fingerprint density at radius 3 is 0.833 bits per heavy atom. The number of carboxylic acid groups (broad SMARTS) is 2. The summed E-state index contributed by atoms with van der Waals surface area (Å²) in [6, 6.07) is 0. The van der Waals surface area contributed by atoms with Crippen LogP contribution in [0.4, 0.5) is 0 Å². The van der Waals surface area contributed by atoms with Crippen LogP contribution < -0.4 is 10.2 Å². The summed E-state index contributed by atoms with van der Waals surface area (Å²) in [6.45, 7) is 1.94. The molecule has 0 heterocycles. The monoisotopic (exact) mass is 181 g/mol. The maximum Gasteiger partial charge on any atom is 2.00 e. The van der Waals surface area contributed by atoms with E-state index >= 15 is 0 Å². The van der Waals surface area contributed by atoms with Crippen LogP contribution in [0.25, 0.3) is 0 Å².